The predicted octanol–water partition coefficient (Wildman–Crippen LogP) is 10.6. The van der Waals surface area contributed by atoms with Crippen molar-refractivity contribution in [3.05, 3.63) is 109 Å². The van der Waals surface area contributed by atoms with Crippen LogP contribution in [0.3, 0.4) is 0 Å². The molecule has 0 aliphatic carbocycles. The summed E-state index contributed by atoms with van der Waals surface area (Å²) in [6.07, 6.45) is 10.3. The Morgan fingerprint density at radius 1 is 0.375 bits per heavy atom. The van der Waals surface area contributed by atoms with E-state index in [1.54, 1.807) is 0 Å². The molecule has 0 fully saturated rings. The molecule has 0 heterocycles. The third-order valence-electron chi connectivity index (χ3n) is 7.25. The lowest BCUT2D eigenvalue weighted by molar-refractivity contribution is 0.541. The van der Waals surface area contributed by atoms with E-state index in [1.165, 1.54) is 62.7 Å². The Morgan fingerprint density at radius 2 is 0.675 bits per heavy atom. The number of anilines is 6. The minimum Gasteiger partial charge on any atom is -0.383 e. The molecule has 0 radical (unpaired) electrons. The van der Waals surface area contributed by atoms with Crippen LogP contribution in [-0.2, 0) is 0 Å². The van der Waals surface area contributed by atoms with Gasteiger partial charge in [0.15, 0.2) is 0 Å². The number of hydrogen-bond donors (Lipinski definition) is 4. The molecule has 4 rings (SSSR count). The zero-order valence-electron chi connectivity index (χ0n) is 24.2. The van der Waals surface area contributed by atoms with Crippen molar-refractivity contribution < 1.29 is 0 Å². The first-order valence-corrected chi connectivity index (χ1v) is 15.0. The SMILES string of the molecule is CC(CCCCCCCCC(C)Nc1ccc(Nc2ccccc2)cc1)Nc1ccc(Nc2ccccc2)cc1. The molecule has 4 aromatic carbocycles. The highest BCUT2D eigenvalue weighted by Crippen LogP contribution is 2.21. The van der Waals surface area contributed by atoms with E-state index in [0.29, 0.717) is 12.1 Å². The standard InChI is InChI=1S/C36H46N4/c1-29(37-33-21-25-35(26-22-33)39-31-17-11-7-12-18-31)15-9-5-3-4-6-10-16-30(2)38-34-23-27-36(28-24-34)40-32-19-13-8-14-20-32/h7-8,11-14,17-30,37-40H,3-6,9-10,15-16H2,1-2H3. The molecule has 4 heteroatoms. The Bertz CT molecular complexity index is 1110. The lowest BCUT2D eigenvalue weighted by Crippen LogP contribution is -2.15. The molecule has 4 aromatic rings. The van der Waals surface area contributed by atoms with Crippen molar-refractivity contribution >= 4 is 34.1 Å². The van der Waals surface area contributed by atoms with Gasteiger partial charge in [-0.15, -0.1) is 0 Å². The van der Waals surface area contributed by atoms with Crippen molar-refractivity contribution in [2.24, 2.45) is 0 Å². The van der Waals surface area contributed by atoms with E-state index in [0.717, 1.165) is 22.7 Å². The monoisotopic (exact) mass is 534 g/mol. The molecule has 4 N–H and O–H groups in total. The van der Waals surface area contributed by atoms with Crippen molar-refractivity contribution in [3.8, 4) is 0 Å². The Morgan fingerprint density at radius 3 is 1.05 bits per heavy atom. The van der Waals surface area contributed by atoms with Gasteiger partial charge in [0.2, 0.25) is 0 Å². The Balaban J connectivity index is 1.01. The lowest BCUT2D eigenvalue weighted by atomic mass is 10.0. The zero-order chi connectivity index (χ0) is 27.8. The molecule has 0 aromatic heterocycles. The highest BCUT2D eigenvalue weighted by Gasteiger charge is 2.05. The molecule has 4 nitrogen and oxygen atoms in total. The second kappa shape index (κ2) is 16.2. The number of rotatable bonds is 17. The molecule has 0 bridgehead atoms. The summed E-state index contributed by atoms with van der Waals surface area (Å²) in [6, 6.07) is 38.8. The first-order valence-electron chi connectivity index (χ1n) is 15.0. The third kappa shape index (κ3) is 10.7. The predicted molar refractivity (Wildman–Crippen MR) is 175 cm³/mol. The van der Waals surface area contributed by atoms with Gasteiger partial charge in [0.1, 0.15) is 0 Å². The summed E-state index contributed by atoms with van der Waals surface area (Å²) in [6.45, 7) is 4.58. The fourth-order valence-electron chi connectivity index (χ4n) is 5.00. The molecule has 0 aliphatic heterocycles. The second-order valence-corrected chi connectivity index (χ2v) is 10.9. The van der Waals surface area contributed by atoms with E-state index in [-0.39, 0.29) is 0 Å². The van der Waals surface area contributed by atoms with Crippen LogP contribution >= 0.6 is 0 Å². The Labute approximate surface area is 241 Å². The van der Waals surface area contributed by atoms with Crippen LogP contribution in [0.1, 0.15) is 65.2 Å². The topological polar surface area (TPSA) is 48.1 Å². The van der Waals surface area contributed by atoms with Gasteiger partial charge in [0.05, 0.1) is 0 Å². The van der Waals surface area contributed by atoms with Crippen LogP contribution in [0.15, 0.2) is 109 Å². The van der Waals surface area contributed by atoms with Crippen LogP contribution in [0, 0.1) is 0 Å². The van der Waals surface area contributed by atoms with Gasteiger partial charge in [-0.3, -0.25) is 0 Å². The molecule has 0 spiro atoms. The van der Waals surface area contributed by atoms with Crippen LogP contribution in [0.2, 0.25) is 0 Å². The molecule has 2 atom stereocenters. The van der Waals surface area contributed by atoms with Crippen LogP contribution in [0.5, 0.6) is 0 Å². The zero-order valence-corrected chi connectivity index (χ0v) is 24.2. The van der Waals surface area contributed by atoms with Gasteiger partial charge in [0.25, 0.3) is 0 Å². The summed E-state index contributed by atoms with van der Waals surface area (Å²) >= 11 is 0. The summed E-state index contributed by atoms with van der Waals surface area (Å²) in [5, 5.41) is 14.2. The van der Waals surface area contributed by atoms with Crippen LogP contribution in [0.4, 0.5) is 34.1 Å². The first-order chi connectivity index (χ1) is 19.6. The summed E-state index contributed by atoms with van der Waals surface area (Å²) in [5.74, 6) is 0. The molecule has 210 valence electrons. The summed E-state index contributed by atoms with van der Waals surface area (Å²) < 4.78 is 0. The summed E-state index contributed by atoms with van der Waals surface area (Å²) in [5.41, 5.74) is 6.82. The molecule has 0 amide bonds. The number of nitrogens with one attached hydrogen (secondary N) is 4. The van der Waals surface area contributed by atoms with Gasteiger partial charge in [-0.25, -0.2) is 0 Å². The number of unbranched alkanes of at least 4 members (excludes halogenated alkanes) is 5. The minimum atomic E-state index is 0.489. The van der Waals surface area contributed by atoms with Crippen LogP contribution < -0.4 is 21.3 Å². The van der Waals surface area contributed by atoms with Gasteiger partial charge in [-0.2, -0.15) is 0 Å². The van der Waals surface area contributed by atoms with E-state index in [4.69, 9.17) is 0 Å². The number of para-hydroxylation sites is 2. The van der Waals surface area contributed by atoms with Gasteiger partial charge in [-0.05, 0) is 99.5 Å². The Kier molecular flexibility index (Phi) is 11.8. The van der Waals surface area contributed by atoms with E-state index < -0.39 is 0 Å². The van der Waals surface area contributed by atoms with Crippen molar-refractivity contribution in [3.63, 3.8) is 0 Å². The maximum atomic E-state index is 3.65. The van der Waals surface area contributed by atoms with Crippen molar-refractivity contribution in [2.75, 3.05) is 21.3 Å². The quantitative estimate of drug-likeness (QED) is 0.102. The summed E-state index contributed by atoms with van der Waals surface area (Å²) in [7, 11) is 0. The molecule has 0 aliphatic rings. The van der Waals surface area contributed by atoms with Gasteiger partial charge < -0.3 is 21.3 Å². The third-order valence-corrected chi connectivity index (χ3v) is 7.25. The van der Waals surface area contributed by atoms with Crippen LogP contribution in [-0.4, -0.2) is 12.1 Å². The molecular weight excluding hydrogens is 488 g/mol. The lowest BCUT2D eigenvalue weighted by Gasteiger charge is -2.16. The van der Waals surface area contributed by atoms with Gasteiger partial charge >= 0.3 is 0 Å². The Hall–Kier alpha value is -3.92. The summed E-state index contributed by atoms with van der Waals surface area (Å²) in [4.78, 5) is 0. The molecule has 40 heavy (non-hydrogen) atoms. The molecule has 0 saturated heterocycles. The minimum absolute atomic E-state index is 0.489. The molecular formula is C36H46N4. The molecule has 2 unspecified atom stereocenters. The second-order valence-electron chi connectivity index (χ2n) is 10.9. The van der Waals surface area contributed by atoms with E-state index in [9.17, 15) is 0 Å². The fourth-order valence-corrected chi connectivity index (χ4v) is 5.00. The number of benzene rings is 4. The van der Waals surface area contributed by atoms with Crippen molar-refractivity contribution in [1.29, 1.82) is 0 Å². The van der Waals surface area contributed by atoms with Gasteiger partial charge in [-0.1, -0.05) is 74.9 Å². The normalized spacial score (nSPS) is 12.3. The average Bonchev–Trinajstić information content (AvgIpc) is 2.97. The maximum absolute atomic E-state index is 3.65. The average molecular weight is 535 g/mol. The molecule has 0 saturated carbocycles. The van der Waals surface area contributed by atoms with Gasteiger partial charge in [0, 0.05) is 46.2 Å². The number of hydrogen-bond acceptors (Lipinski definition) is 4. The van der Waals surface area contributed by atoms with E-state index in [1.807, 2.05) is 36.4 Å². The highest BCUT2D eigenvalue weighted by molar-refractivity contribution is 5.63. The highest BCUT2D eigenvalue weighted by atomic mass is 14.9. The van der Waals surface area contributed by atoms with Crippen molar-refractivity contribution in [2.45, 2.75) is 77.3 Å². The van der Waals surface area contributed by atoms with Crippen molar-refractivity contribution in [1.82, 2.24) is 0 Å². The fraction of sp³-hybridized carbons (Fsp3) is 0.333. The smallest absolute Gasteiger partial charge is 0.0385 e. The van der Waals surface area contributed by atoms with E-state index >= 15 is 0 Å². The van der Waals surface area contributed by atoms with Crippen LogP contribution in [0.25, 0.3) is 0 Å². The largest absolute Gasteiger partial charge is 0.383 e. The first kappa shape index (κ1) is 29.1. The maximum Gasteiger partial charge on any atom is 0.0385 e. The van der Waals surface area contributed by atoms with E-state index in [2.05, 4.69) is 108 Å².